The SMILES string of the molecule is CC(C)(C)S(=O)N=CCC1CCCCC1. The van der Waals surface area contributed by atoms with Crippen LogP contribution in [0.2, 0.25) is 0 Å². The Bertz CT molecular complexity index is 236. The quantitative estimate of drug-likeness (QED) is 0.681. The molecule has 0 aromatic heterocycles. The van der Waals surface area contributed by atoms with Crippen LogP contribution in [0, 0.1) is 5.92 Å². The van der Waals surface area contributed by atoms with Gasteiger partial charge in [-0.05, 0) is 33.1 Å². The molecule has 0 aliphatic heterocycles. The first-order chi connectivity index (χ1) is 7.00. The van der Waals surface area contributed by atoms with Gasteiger partial charge in [0.2, 0.25) is 0 Å². The molecule has 1 rings (SSSR count). The van der Waals surface area contributed by atoms with Crippen LogP contribution >= 0.6 is 0 Å². The van der Waals surface area contributed by atoms with E-state index in [2.05, 4.69) is 4.40 Å². The van der Waals surface area contributed by atoms with Crippen molar-refractivity contribution in [2.75, 3.05) is 0 Å². The van der Waals surface area contributed by atoms with Crippen LogP contribution < -0.4 is 0 Å². The van der Waals surface area contributed by atoms with E-state index >= 15 is 0 Å². The van der Waals surface area contributed by atoms with Crippen molar-refractivity contribution in [3.63, 3.8) is 0 Å². The van der Waals surface area contributed by atoms with Gasteiger partial charge in [-0.3, -0.25) is 0 Å². The molecule has 0 heterocycles. The van der Waals surface area contributed by atoms with E-state index in [9.17, 15) is 4.21 Å². The second kappa shape index (κ2) is 5.78. The van der Waals surface area contributed by atoms with Crippen molar-refractivity contribution in [3.8, 4) is 0 Å². The highest BCUT2D eigenvalue weighted by molar-refractivity contribution is 7.85. The smallest absolute Gasteiger partial charge is 0.144 e. The maximum Gasteiger partial charge on any atom is 0.144 e. The molecular weight excluding hydrogens is 206 g/mol. The Morgan fingerprint density at radius 3 is 2.40 bits per heavy atom. The fourth-order valence-corrected chi connectivity index (χ4v) is 2.38. The summed E-state index contributed by atoms with van der Waals surface area (Å²) < 4.78 is 15.5. The molecule has 15 heavy (non-hydrogen) atoms. The first-order valence-electron chi connectivity index (χ1n) is 5.94. The summed E-state index contributed by atoms with van der Waals surface area (Å²) in [4.78, 5) is 0. The zero-order chi connectivity index (χ0) is 11.3. The average Bonchev–Trinajstić information content (AvgIpc) is 2.18. The molecule has 2 nitrogen and oxygen atoms in total. The average molecular weight is 229 g/mol. The lowest BCUT2D eigenvalue weighted by Crippen LogP contribution is -2.19. The molecule has 0 aromatic rings. The summed E-state index contributed by atoms with van der Waals surface area (Å²) in [6, 6.07) is 0. The Morgan fingerprint density at radius 1 is 1.27 bits per heavy atom. The van der Waals surface area contributed by atoms with Gasteiger partial charge in [0.15, 0.2) is 0 Å². The van der Waals surface area contributed by atoms with E-state index < -0.39 is 11.0 Å². The Labute approximate surface area is 96.2 Å². The van der Waals surface area contributed by atoms with Crippen molar-refractivity contribution in [3.05, 3.63) is 0 Å². The Balaban J connectivity index is 2.29. The van der Waals surface area contributed by atoms with Gasteiger partial charge in [-0.1, -0.05) is 32.1 Å². The summed E-state index contributed by atoms with van der Waals surface area (Å²) in [5, 5.41) is 0. The van der Waals surface area contributed by atoms with E-state index in [1.807, 2.05) is 27.0 Å². The molecule has 3 heteroatoms. The molecule has 1 aliphatic rings. The molecule has 1 aliphatic carbocycles. The van der Waals surface area contributed by atoms with Gasteiger partial charge in [0.05, 0.1) is 4.75 Å². The van der Waals surface area contributed by atoms with Gasteiger partial charge in [-0.15, -0.1) is 0 Å². The van der Waals surface area contributed by atoms with Gasteiger partial charge in [0.1, 0.15) is 11.0 Å². The summed E-state index contributed by atoms with van der Waals surface area (Å²) >= 11 is 0. The molecule has 0 aromatic carbocycles. The van der Waals surface area contributed by atoms with E-state index in [1.54, 1.807) is 0 Å². The Kier molecular flexibility index (Phi) is 4.97. The van der Waals surface area contributed by atoms with Crippen LogP contribution in [0.4, 0.5) is 0 Å². The first kappa shape index (κ1) is 12.9. The van der Waals surface area contributed by atoms with Crippen LogP contribution in [0.15, 0.2) is 4.40 Å². The van der Waals surface area contributed by atoms with Crippen molar-refractivity contribution in [1.82, 2.24) is 0 Å². The maximum absolute atomic E-state index is 11.6. The number of nitrogens with zero attached hydrogens (tertiary/aromatic N) is 1. The monoisotopic (exact) mass is 229 g/mol. The molecule has 1 fully saturated rings. The number of hydrogen-bond acceptors (Lipinski definition) is 1. The maximum atomic E-state index is 11.6. The van der Waals surface area contributed by atoms with E-state index in [1.165, 1.54) is 32.1 Å². The highest BCUT2D eigenvalue weighted by Crippen LogP contribution is 2.25. The van der Waals surface area contributed by atoms with Gasteiger partial charge < -0.3 is 0 Å². The number of hydrogen-bond donors (Lipinski definition) is 0. The fraction of sp³-hybridized carbons (Fsp3) is 0.917. The van der Waals surface area contributed by atoms with Crippen molar-refractivity contribution >= 4 is 17.2 Å². The van der Waals surface area contributed by atoms with Crippen LogP contribution in [0.1, 0.15) is 59.3 Å². The lowest BCUT2D eigenvalue weighted by Gasteiger charge is -2.19. The van der Waals surface area contributed by atoms with Crippen LogP contribution in [0.5, 0.6) is 0 Å². The summed E-state index contributed by atoms with van der Waals surface area (Å²) in [5.74, 6) is 0.791. The number of rotatable bonds is 3. The summed E-state index contributed by atoms with van der Waals surface area (Å²) in [7, 11) is -1.07. The molecule has 1 saturated carbocycles. The van der Waals surface area contributed by atoms with Crippen molar-refractivity contribution in [1.29, 1.82) is 0 Å². The molecule has 0 bridgehead atoms. The van der Waals surface area contributed by atoms with Crippen LogP contribution in [-0.2, 0) is 11.0 Å². The van der Waals surface area contributed by atoms with Gasteiger partial charge in [-0.25, -0.2) is 4.21 Å². The second-order valence-electron chi connectivity index (χ2n) is 5.39. The van der Waals surface area contributed by atoms with E-state index in [0.29, 0.717) is 0 Å². The first-order valence-corrected chi connectivity index (χ1v) is 7.05. The van der Waals surface area contributed by atoms with Gasteiger partial charge in [0.25, 0.3) is 0 Å². The third-order valence-electron chi connectivity index (χ3n) is 2.86. The molecule has 88 valence electrons. The fourth-order valence-electron chi connectivity index (χ4n) is 1.84. The largest absolute Gasteiger partial charge is 0.234 e. The highest BCUT2D eigenvalue weighted by Gasteiger charge is 2.18. The summed E-state index contributed by atoms with van der Waals surface area (Å²) in [6.07, 6.45) is 9.67. The molecule has 0 N–H and O–H groups in total. The van der Waals surface area contributed by atoms with Crippen LogP contribution in [0.3, 0.4) is 0 Å². The Morgan fingerprint density at radius 2 is 1.87 bits per heavy atom. The molecule has 0 radical (unpaired) electrons. The highest BCUT2D eigenvalue weighted by atomic mass is 32.2. The lowest BCUT2D eigenvalue weighted by atomic mass is 9.87. The molecule has 0 spiro atoms. The molecular formula is C12H23NOS. The molecule has 0 amide bonds. The topological polar surface area (TPSA) is 29.4 Å². The van der Waals surface area contributed by atoms with E-state index in [-0.39, 0.29) is 4.75 Å². The molecule has 1 unspecified atom stereocenters. The van der Waals surface area contributed by atoms with Crippen LogP contribution in [0.25, 0.3) is 0 Å². The minimum atomic E-state index is -1.07. The second-order valence-corrected chi connectivity index (χ2v) is 7.32. The molecule has 0 saturated heterocycles. The van der Waals surface area contributed by atoms with Crippen LogP contribution in [-0.4, -0.2) is 15.2 Å². The van der Waals surface area contributed by atoms with Gasteiger partial charge >= 0.3 is 0 Å². The van der Waals surface area contributed by atoms with Crippen molar-refractivity contribution < 1.29 is 4.21 Å². The zero-order valence-electron chi connectivity index (χ0n) is 10.2. The summed E-state index contributed by atoms with van der Waals surface area (Å²) in [5.41, 5.74) is 0. The van der Waals surface area contributed by atoms with E-state index in [0.717, 1.165) is 12.3 Å². The van der Waals surface area contributed by atoms with Crippen molar-refractivity contribution in [2.45, 2.75) is 64.0 Å². The predicted molar refractivity (Wildman–Crippen MR) is 67.6 cm³/mol. The minimum Gasteiger partial charge on any atom is -0.234 e. The lowest BCUT2D eigenvalue weighted by molar-refractivity contribution is 0.370. The Hall–Kier alpha value is -0.180. The van der Waals surface area contributed by atoms with E-state index in [4.69, 9.17) is 0 Å². The summed E-state index contributed by atoms with van der Waals surface area (Å²) in [6.45, 7) is 5.88. The third-order valence-corrected chi connectivity index (χ3v) is 4.25. The van der Waals surface area contributed by atoms with Gasteiger partial charge in [-0.2, -0.15) is 4.40 Å². The minimum absolute atomic E-state index is 0.219. The third kappa shape index (κ3) is 4.92. The standard InChI is InChI=1S/C12H23NOS/c1-12(2,3)15(14)13-10-9-11-7-5-4-6-8-11/h10-11H,4-9H2,1-3H3. The van der Waals surface area contributed by atoms with Crippen molar-refractivity contribution in [2.24, 2.45) is 10.3 Å². The zero-order valence-corrected chi connectivity index (χ0v) is 11.0. The predicted octanol–water partition coefficient (Wildman–Crippen LogP) is 3.49. The molecule has 1 atom stereocenters. The van der Waals surface area contributed by atoms with Gasteiger partial charge in [0, 0.05) is 6.21 Å². The normalized spacial score (nSPS) is 22.1.